The van der Waals surface area contributed by atoms with E-state index in [2.05, 4.69) is 24.3 Å². The van der Waals surface area contributed by atoms with Crippen molar-refractivity contribution in [1.29, 1.82) is 0 Å². The van der Waals surface area contributed by atoms with Gasteiger partial charge in [0, 0.05) is 13.6 Å². The first kappa shape index (κ1) is 13.2. The zero-order valence-electron chi connectivity index (χ0n) is 11.3. The minimum atomic E-state index is 0.0792. The quantitative estimate of drug-likeness (QED) is 0.837. The van der Waals surface area contributed by atoms with Gasteiger partial charge in [0.1, 0.15) is 5.82 Å². The van der Waals surface area contributed by atoms with E-state index in [4.69, 9.17) is 15.2 Å². The first-order valence-corrected chi connectivity index (χ1v) is 6.35. The number of nitrogens with two attached hydrogens (primary N) is 1. The van der Waals surface area contributed by atoms with E-state index in [9.17, 15) is 0 Å². The third-order valence-corrected chi connectivity index (χ3v) is 3.04. The molecular formula is C12H22N4O2. The maximum absolute atomic E-state index is 6.10. The lowest BCUT2D eigenvalue weighted by Gasteiger charge is -2.23. The van der Waals surface area contributed by atoms with Crippen LogP contribution in [0.3, 0.4) is 0 Å². The molecule has 102 valence electrons. The minimum absolute atomic E-state index is 0.0792. The lowest BCUT2D eigenvalue weighted by atomic mass is 10.1. The molecule has 6 heteroatoms. The Labute approximate surface area is 107 Å². The van der Waals surface area contributed by atoms with E-state index in [0.29, 0.717) is 32.3 Å². The maximum atomic E-state index is 6.10. The van der Waals surface area contributed by atoms with Gasteiger partial charge in [0.15, 0.2) is 0 Å². The number of hydrogen-bond acceptors (Lipinski definition) is 5. The minimum Gasteiger partial charge on any atom is -0.394 e. The van der Waals surface area contributed by atoms with Crippen LogP contribution in [0, 0.1) is 0 Å². The third kappa shape index (κ3) is 2.76. The van der Waals surface area contributed by atoms with Crippen molar-refractivity contribution in [2.24, 2.45) is 7.05 Å². The van der Waals surface area contributed by atoms with Crippen LogP contribution in [-0.4, -0.2) is 42.2 Å². The Balaban J connectivity index is 2.00. The molecule has 2 heterocycles. The van der Waals surface area contributed by atoms with Crippen molar-refractivity contribution in [2.45, 2.75) is 25.9 Å². The van der Waals surface area contributed by atoms with Crippen LogP contribution in [0.5, 0.6) is 0 Å². The molecule has 1 unspecified atom stereocenters. The number of ether oxygens (including phenoxy) is 2. The second-order valence-electron chi connectivity index (χ2n) is 4.87. The van der Waals surface area contributed by atoms with Crippen LogP contribution in [0.15, 0.2) is 0 Å². The van der Waals surface area contributed by atoms with E-state index in [0.717, 1.165) is 17.2 Å². The highest BCUT2D eigenvalue weighted by atomic mass is 16.6. The Hall–Kier alpha value is -1.27. The van der Waals surface area contributed by atoms with Gasteiger partial charge in [-0.25, -0.2) is 0 Å². The second kappa shape index (κ2) is 5.58. The summed E-state index contributed by atoms with van der Waals surface area (Å²) in [6, 6.07) is 0. The highest BCUT2D eigenvalue weighted by Crippen LogP contribution is 2.27. The third-order valence-electron chi connectivity index (χ3n) is 3.04. The Bertz CT molecular complexity index is 397. The van der Waals surface area contributed by atoms with Gasteiger partial charge in [-0.1, -0.05) is 13.8 Å². The predicted octanol–water partition coefficient (Wildman–Crippen LogP) is 0.953. The van der Waals surface area contributed by atoms with Crippen LogP contribution in [0.25, 0.3) is 0 Å². The summed E-state index contributed by atoms with van der Waals surface area (Å²) in [4.78, 5) is 0. The highest BCUT2D eigenvalue weighted by Gasteiger charge is 2.18. The summed E-state index contributed by atoms with van der Waals surface area (Å²) in [5, 5.41) is 7.73. The molecule has 0 spiro atoms. The summed E-state index contributed by atoms with van der Waals surface area (Å²) in [6.07, 6.45) is 0.0792. The van der Waals surface area contributed by atoms with E-state index in [1.165, 1.54) is 0 Å². The molecular weight excluding hydrogens is 232 g/mol. The van der Waals surface area contributed by atoms with Gasteiger partial charge >= 0.3 is 0 Å². The van der Waals surface area contributed by atoms with E-state index >= 15 is 0 Å². The SMILES string of the molecule is CC(C)c1nn(C)c(NCC2COCCO2)c1N. The molecule has 2 rings (SSSR count). The monoisotopic (exact) mass is 254 g/mol. The van der Waals surface area contributed by atoms with Crippen molar-refractivity contribution in [3.8, 4) is 0 Å². The molecule has 1 atom stereocenters. The molecule has 1 aliphatic rings. The molecule has 0 radical (unpaired) electrons. The lowest BCUT2D eigenvalue weighted by Crippen LogP contribution is -2.34. The summed E-state index contributed by atoms with van der Waals surface area (Å²) in [7, 11) is 1.89. The van der Waals surface area contributed by atoms with Gasteiger partial charge in [-0.3, -0.25) is 4.68 Å². The summed E-state index contributed by atoms with van der Waals surface area (Å²) in [5.74, 6) is 1.17. The molecule has 0 aromatic carbocycles. The number of nitrogen functional groups attached to an aromatic ring is 1. The van der Waals surface area contributed by atoms with Crippen LogP contribution in [0.2, 0.25) is 0 Å². The van der Waals surface area contributed by atoms with Crippen LogP contribution in [-0.2, 0) is 16.5 Å². The van der Waals surface area contributed by atoms with Gasteiger partial charge in [-0.15, -0.1) is 0 Å². The number of nitrogens with one attached hydrogen (secondary N) is 1. The van der Waals surface area contributed by atoms with Crippen molar-refractivity contribution in [3.63, 3.8) is 0 Å². The molecule has 1 aromatic heterocycles. The molecule has 1 fully saturated rings. The standard InChI is InChI=1S/C12H22N4O2/c1-8(2)11-10(13)12(16(3)15-11)14-6-9-7-17-4-5-18-9/h8-9,14H,4-7,13H2,1-3H3. The van der Waals surface area contributed by atoms with E-state index in [-0.39, 0.29) is 6.10 Å². The topological polar surface area (TPSA) is 74.3 Å². The predicted molar refractivity (Wildman–Crippen MR) is 70.8 cm³/mol. The van der Waals surface area contributed by atoms with Crippen molar-refractivity contribution < 1.29 is 9.47 Å². The highest BCUT2D eigenvalue weighted by molar-refractivity contribution is 5.65. The Morgan fingerprint density at radius 3 is 2.83 bits per heavy atom. The van der Waals surface area contributed by atoms with Crippen molar-refractivity contribution in [3.05, 3.63) is 5.69 Å². The first-order chi connectivity index (χ1) is 8.59. The van der Waals surface area contributed by atoms with Gasteiger partial charge in [-0.05, 0) is 5.92 Å². The average molecular weight is 254 g/mol. The number of aromatic nitrogens is 2. The molecule has 0 aliphatic carbocycles. The lowest BCUT2D eigenvalue weighted by molar-refractivity contribution is -0.0819. The molecule has 1 saturated heterocycles. The fourth-order valence-corrected chi connectivity index (χ4v) is 2.06. The zero-order chi connectivity index (χ0) is 13.1. The van der Waals surface area contributed by atoms with Gasteiger partial charge in [0.25, 0.3) is 0 Å². The molecule has 3 N–H and O–H groups in total. The Kier molecular flexibility index (Phi) is 4.08. The molecule has 0 bridgehead atoms. The summed E-state index contributed by atoms with van der Waals surface area (Å²) in [5.41, 5.74) is 7.76. The summed E-state index contributed by atoms with van der Waals surface area (Å²) >= 11 is 0. The van der Waals surface area contributed by atoms with Crippen LogP contribution < -0.4 is 11.1 Å². The summed E-state index contributed by atoms with van der Waals surface area (Å²) in [6.45, 7) is 6.82. The van der Waals surface area contributed by atoms with E-state index in [1.807, 2.05) is 7.05 Å². The fourth-order valence-electron chi connectivity index (χ4n) is 2.06. The van der Waals surface area contributed by atoms with Crippen molar-refractivity contribution >= 4 is 11.5 Å². The molecule has 6 nitrogen and oxygen atoms in total. The molecule has 18 heavy (non-hydrogen) atoms. The largest absolute Gasteiger partial charge is 0.394 e. The Morgan fingerprint density at radius 1 is 1.50 bits per heavy atom. The van der Waals surface area contributed by atoms with Gasteiger partial charge in [0.2, 0.25) is 0 Å². The first-order valence-electron chi connectivity index (χ1n) is 6.35. The number of rotatable bonds is 4. The van der Waals surface area contributed by atoms with E-state index in [1.54, 1.807) is 4.68 Å². The van der Waals surface area contributed by atoms with Gasteiger partial charge in [0.05, 0.1) is 37.3 Å². The molecule has 1 aromatic rings. The Morgan fingerprint density at radius 2 is 2.28 bits per heavy atom. The van der Waals surface area contributed by atoms with Gasteiger partial charge in [-0.2, -0.15) is 5.10 Å². The van der Waals surface area contributed by atoms with Crippen LogP contribution >= 0.6 is 0 Å². The molecule has 1 aliphatic heterocycles. The number of hydrogen-bond donors (Lipinski definition) is 2. The maximum Gasteiger partial charge on any atom is 0.147 e. The normalized spacial score (nSPS) is 20.3. The van der Waals surface area contributed by atoms with Crippen LogP contribution in [0.4, 0.5) is 11.5 Å². The van der Waals surface area contributed by atoms with Crippen LogP contribution in [0.1, 0.15) is 25.5 Å². The number of aryl methyl sites for hydroxylation is 1. The number of nitrogens with zero attached hydrogens (tertiary/aromatic N) is 2. The van der Waals surface area contributed by atoms with Crippen molar-refractivity contribution in [1.82, 2.24) is 9.78 Å². The number of anilines is 2. The zero-order valence-corrected chi connectivity index (χ0v) is 11.3. The summed E-state index contributed by atoms with van der Waals surface area (Å²) < 4.78 is 12.7. The smallest absolute Gasteiger partial charge is 0.147 e. The van der Waals surface area contributed by atoms with E-state index < -0.39 is 0 Å². The average Bonchev–Trinajstić information content (AvgIpc) is 2.64. The van der Waals surface area contributed by atoms with Crippen molar-refractivity contribution in [2.75, 3.05) is 37.4 Å². The second-order valence-corrected chi connectivity index (χ2v) is 4.87. The van der Waals surface area contributed by atoms with Gasteiger partial charge < -0.3 is 20.5 Å². The fraction of sp³-hybridized carbons (Fsp3) is 0.750. The molecule has 0 saturated carbocycles. The molecule has 0 amide bonds.